The summed E-state index contributed by atoms with van der Waals surface area (Å²) in [5.41, 5.74) is 4.70. The minimum absolute atomic E-state index is 0.154. The van der Waals surface area contributed by atoms with Crippen molar-refractivity contribution >= 4 is 5.69 Å². The summed E-state index contributed by atoms with van der Waals surface area (Å²) in [7, 11) is 0. The molecule has 0 amide bonds. The number of hydrogen-bond donors (Lipinski definition) is 0. The van der Waals surface area contributed by atoms with Gasteiger partial charge in [-0.3, -0.25) is 9.80 Å². The normalized spacial score (nSPS) is 25.4. The van der Waals surface area contributed by atoms with Crippen molar-refractivity contribution in [2.24, 2.45) is 0 Å². The summed E-state index contributed by atoms with van der Waals surface area (Å²) < 4.78 is 13.2. The van der Waals surface area contributed by atoms with Crippen LogP contribution in [0.3, 0.4) is 0 Å². The van der Waals surface area contributed by atoms with Crippen molar-refractivity contribution in [1.82, 2.24) is 9.80 Å². The largest absolute Gasteiger partial charge is 0.369 e. The first-order valence-corrected chi connectivity index (χ1v) is 11.8. The van der Waals surface area contributed by atoms with E-state index >= 15 is 0 Å². The van der Waals surface area contributed by atoms with Gasteiger partial charge in [0.05, 0.1) is 0 Å². The van der Waals surface area contributed by atoms with Gasteiger partial charge in [0.25, 0.3) is 0 Å². The second-order valence-electron chi connectivity index (χ2n) is 9.42. The molecule has 0 bridgehead atoms. The topological polar surface area (TPSA) is 9.72 Å². The Bertz CT molecular complexity index is 844. The number of anilines is 1. The first kappa shape index (κ1) is 20.0. The Morgan fingerprint density at radius 3 is 2.33 bits per heavy atom. The van der Waals surface area contributed by atoms with E-state index < -0.39 is 0 Å². The number of piperidine rings is 1. The number of likely N-dealkylation sites (tertiary alicyclic amines) is 1. The van der Waals surface area contributed by atoms with Gasteiger partial charge in [0.15, 0.2) is 0 Å². The van der Waals surface area contributed by atoms with E-state index in [1.54, 1.807) is 23.3 Å². The smallest absolute Gasteiger partial charge is 0.123 e. The third kappa shape index (κ3) is 4.13. The van der Waals surface area contributed by atoms with Crippen molar-refractivity contribution in [1.29, 1.82) is 0 Å². The Morgan fingerprint density at radius 2 is 1.53 bits per heavy atom. The maximum Gasteiger partial charge on any atom is 0.123 e. The van der Waals surface area contributed by atoms with Crippen LogP contribution in [0.25, 0.3) is 0 Å². The number of piperazine rings is 1. The molecule has 4 heteroatoms. The van der Waals surface area contributed by atoms with Crippen LogP contribution >= 0.6 is 0 Å². The minimum Gasteiger partial charge on any atom is -0.369 e. The predicted molar refractivity (Wildman–Crippen MR) is 122 cm³/mol. The van der Waals surface area contributed by atoms with Crippen LogP contribution in [-0.4, -0.2) is 61.2 Å². The molecule has 2 aromatic rings. The molecule has 2 fully saturated rings. The van der Waals surface area contributed by atoms with Gasteiger partial charge in [-0.15, -0.1) is 0 Å². The summed E-state index contributed by atoms with van der Waals surface area (Å²) >= 11 is 0. The van der Waals surface area contributed by atoms with Crippen molar-refractivity contribution in [3.63, 3.8) is 0 Å². The van der Waals surface area contributed by atoms with Crippen LogP contribution in [0.15, 0.2) is 48.5 Å². The van der Waals surface area contributed by atoms with E-state index in [2.05, 4.69) is 39.0 Å². The van der Waals surface area contributed by atoms with Gasteiger partial charge in [-0.25, -0.2) is 4.39 Å². The maximum atomic E-state index is 13.2. The first-order valence-electron chi connectivity index (χ1n) is 11.8. The van der Waals surface area contributed by atoms with Gasteiger partial charge in [0.2, 0.25) is 0 Å². The van der Waals surface area contributed by atoms with E-state index in [0.29, 0.717) is 5.54 Å². The van der Waals surface area contributed by atoms with Crippen LogP contribution in [0.5, 0.6) is 0 Å². The zero-order valence-electron chi connectivity index (χ0n) is 18.0. The van der Waals surface area contributed by atoms with Crippen LogP contribution in [-0.2, 0) is 12.8 Å². The second kappa shape index (κ2) is 8.68. The molecule has 1 aliphatic carbocycles. The number of rotatable bonds is 4. The lowest BCUT2D eigenvalue weighted by molar-refractivity contribution is 0.0253. The van der Waals surface area contributed by atoms with E-state index in [-0.39, 0.29) is 5.82 Å². The third-order valence-corrected chi connectivity index (χ3v) is 7.74. The minimum atomic E-state index is -0.154. The van der Waals surface area contributed by atoms with Gasteiger partial charge in [0.1, 0.15) is 5.82 Å². The quantitative estimate of drug-likeness (QED) is 0.746. The fourth-order valence-corrected chi connectivity index (χ4v) is 5.91. The summed E-state index contributed by atoms with van der Waals surface area (Å²) in [6.45, 7) is 7.88. The van der Waals surface area contributed by atoms with E-state index in [1.165, 1.54) is 58.2 Å². The highest BCUT2D eigenvalue weighted by Crippen LogP contribution is 2.39. The van der Waals surface area contributed by atoms with Crippen LogP contribution in [0.1, 0.15) is 36.8 Å². The van der Waals surface area contributed by atoms with Gasteiger partial charge in [-0.05, 0) is 74.0 Å². The lowest BCUT2D eigenvalue weighted by atomic mass is 9.72. The fraction of sp³-hybridized carbons (Fsp3) is 0.538. The Morgan fingerprint density at radius 1 is 0.767 bits per heavy atom. The summed E-state index contributed by atoms with van der Waals surface area (Å²) in [5, 5.41) is 0. The number of fused-ring (bicyclic) bond motifs is 1. The Kier molecular flexibility index (Phi) is 5.79. The average Bonchev–Trinajstić information content (AvgIpc) is 2.79. The molecular weight excluding hydrogens is 373 g/mol. The molecule has 2 saturated heterocycles. The van der Waals surface area contributed by atoms with Gasteiger partial charge in [-0.1, -0.05) is 30.7 Å². The van der Waals surface area contributed by atoms with E-state index in [4.69, 9.17) is 0 Å². The number of benzene rings is 2. The Labute approximate surface area is 180 Å². The lowest BCUT2D eigenvalue weighted by Crippen LogP contribution is -2.57. The summed E-state index contributed by atoms with van der Waals surface area (Å²) in [6.07, 6.45) is 7.89. The summed E-state index contributed by atoms with van der Waals surface area (Å²) in [4.78, 5) is 7.86. The molecule has 0 saturated carbocycles. The van der Waals surface area contributed by atoms with Crippen LogP contribution in [0.2, 0.25) is 0 Å². The van der Waals surface area contributed by atoms with Crippen LogP contribution in [0.4, 0.5) is 10.1 Å². The summed E-state index contributed by atoms with van der Waals surface area (Å²) in [5.74, 6) is -0.154. The fourth-order valence-electron chi connectivity index (χ4n) is 5.91. The molecule has 1 spiro atoms. The van der Waals surface area contributed by atoms with Crippen molar-refractivity contribution in [3.05, 3.63) is 65.5 Å². The third-order valence-electron chi connectivity index (χ3n) is 7.74. The highest BCUT2D eigenvalue weighted by Gasteiger charge is 2.41. The Balaban J connectivity index is 1.17. The molecule has 0 N–H and O–H groups in total. The average molecular weight is 408 g/mol. The van der Waals surface area contributed by atoms with Gasteiger partial charge >= 0.3 is 0 Å². The molecular formula is C26H34FN3. The second-order valence-corrected chi connectivity index (χ2v) is 9.42. The van der Waals surface area contributed by atoms with Gasteiger partial charge < -0.3 is 4.90 Å². The highest BCUT2D eigenvalue weighted by atomic mass is 19.1. The number of hydrogen-bond acceptors (Lipinski definition) is 3. The monoisotopic (exact) mass is 407 g/mol. The number of halogens is 1. The van der Waals surface area contributed by atoms with Gasteiger partial charge in [-0.2, -0.15) is 0 Å². The maximum absolute atomic E-state index is 13.2. The summed E-state index contributed by atoms with van der Waals surface area (Å²) in [6, 6.07) is 16.0. The standard InChI is InChI=1S/C26H34FN3/c27-24-7-9-25(10-8-24)29-18-15-28(16-19-29)17-20-30-14-4-3-12-26(30)13-11-22-5-1-2-6-23(22)21-26/h1-2,5-10H,3-4,11-21H2. The molecule has 30 heavy (non-hydrogen) atoms. The molecule has 1 atom stereocenters. The highest BCUT2D eigenvalue weighted by molar-refractivity contribution is 5.46. The molecule has 2 aromatic carbocycles. The van der Waals surface area contributed by atoms with Crippen molar-refractivity contribution < 1.29 is 4.39 Å². The zero-order valence-corrected chi connectivity index (χ0v) is 18.0. The van der Waals surface area contributed by atoms with Crippen molar-refractivity contribution in [2.45, 2.75) is 44.1 Å². The predicted octanol–water partition coefficient (Wildman–Crippen LogP) is 4.36. The SMILES string of the molecule is Fc1ccc(N2CCN(CCN3CCCCC34CCc3ccccc3C4)CC2)cc1. The lowest BCUT2D eigenvalue weighted by Gasteiger charge is -2.51. The Hall–Kier alpha value is -1.91. The van der Waals surface area contributed by atoms with Crippen molar-refractivity contribution in [2.75, 3.05) is 50.7 Å². The van der Waals surface area contributed by atoms with E-state index in [1.807, 2.05) is 12.1 Å². The van der Waals surface area contributed by atoms with E-state index in [0.717, 1.165) is 31.9 Å². The first-order chi connectivity index (χ1) is 14.7. The molecule has 1 unspecified atom stereocenters. The molecule has 2 heterocycles. The molecule has 0 radical (unpaired) electrons. The van der Waals surface area contributed by atoms with Crippen molar-refractivity contribution in [3.8, 4) is 0 Å². The molecule has 0 aromatic heterocycles. The van der Waals surface area contributed by atoms with E-state index in [9.17, 15) is 4.39 Å². The molecule has 5 rings (SSSR count). The molecule has 3 nitrogen and oxygen atoms in total. The van der Waals surface area contributed by atoms with Crippen LogP contribution < -0.4 is 4.90 Å². The van der Waals surface area contributed by atoms with Crippen LogP contribution in [0, 0.1) is 5.82 Å². The molecule has 3 aliphatic rings. The molecule has 2 aliphatic heterocycles. The zero-order chi connectivity index (χ0) is 20.4. The number of nitrogens with zero attached hydrogens (tertiary/aromatic N) is 3. The number of aryl methyl sites for hydroxylation is 1. The molecule has 160 valence electrons. The van der Waals surface area contributed by atoms with Gasteiger partial charge in [0, 0.05) is 50.5 Å².